The molecule has 0 N–H and O–H groups in total. The van der Waals surface area contributed by atoms with Crippen LogP contribution in [0.15, 0.2) is 24.3 Å². The van der Waals surface area contributed by atoms with Crippen molar-refractivity contribution in [2.24, 2.45) is 5.92 Å². The van der Waals surface area contributed by atoms with Gasteiger partial charge in [0.25, 0.3) is 0 Å². The molecule has 4 heteroatoms. The Morgan fingerprint density at radius 1 is 1.33 bits per heavy atom. The largest absolute Gasteiger partial charge is 0.492 e. The standard InChI is InChI=1S/C14H20ClNO2/c1-11(2)10-14(17)16(3)8-9-18-13-6-4-12(15)5-7-13/h4-7,11H,8-10H2,1-3H3. The highest BCUT2D eigenvalue weighted by Gasteiger charge is 2.10. The van der Waals surface area contributed by atoms with Gasteiger partial charge in [-0.2, -0.15) is 0 Å². The molecule has 0 saturated heterocycles. The van der Waals surface area contributed by atoms with Crippen molar-refractivity contribution < 1.29 is 9.53 Å². The molecular weight excluding hydrogens is 250 g/mol. The first-order chi connectivity index (χ1) is 8.49. The molecule has 0 saturated carbocycles. The van der Waals surface area contributed by atoms with Crippen LogP contribution in [0.3, 0.4) is 0 Å². The van der Waals surface area contributed by atoms with Crippen LogP contribution in [-0.2, 0) is 4.79 Å². The Kier molecular flexibility index (Phi) is 5.99. The van der Waals surface area contributed by atoms with Gasteiger partial charge in [0.05, 0.1) is 6.54 Å². The number of halogens is 1. The highest BCUT2D eigenvalue weighted by Crippen LogP contribution is 2.15. The molecule has 0 fully saturated rings. The molecule has 1 aromatic rings. The van der Waals surface area contributed by atoms with Gasteiger partial charge in [-0.05, 0) is 30.2 Å². The van der Waals surface area contributed by atoms with E-state index < -0.39 is 0 Å². The first kappa shape index (κ1) is 14.8. The van der Waals surface area contributed by atoms with Crippen LogP contribution in [0.25, 0.3) is 0 Å². The summed E-state index contributed by atoms with van der Waals surface area (Å²) in [5.41, 5.74) is 0. The monoisotopic (exact) mass is 269 g/mol. The van der Waals surface area contributed by atoms with Crippen molar-refractivity contribution in [3.8, 4) is 5.75 Å². The van der Waals surface area contributed by atoms with Gasteiger partial charge < -0.3 is 9.64 Å². The molecule has 1 amide bonds. The summed E-state index contributed by atoms with van der Waals surface area (Å²) in [5, 5.41) is 0.687. The summed E-state index contributed by atoms with van der Waals surface area (Å²) in [6, 6.07) is 7.20. The lowest BCUT2D eigenvalue weighted by atomic mass is 10.1. The quantitative estimate of drug-likeness (QED) is 0.794. The number of rotatable bonds is 6. The topological polar surface area (TPSA) is 29.5 Å². The lowest BCUT2D eigenvalue weighted by Crippen LogP contribution is -2.31. The van der Waals surface area contributed by atoms with Crippen LogP contribution in [0.4, 0.5) is 0 Å². The maximum atomic E-state index is 11.7. The average molecular weight is 270 g/mol. The van der Waals surface area contributed by atoms with E-state index in [9.17, 15) is 4.79 Å². The zero-order valence-electron chi connectivity index (χ0n) is 11.1. The third kappa shape index (κ3) is 5.41. The molecule has 1 aromatic carbocycles. The Hall–Kier alpha value is -1.22. The van der Waals surface area contributed by atoms with Crippen molar-refractivity contribution >= 4 is 17.5 Å². The number of likely N-dealkylation sites (N-methyl/N-ethyl adjacent to an activating group) is 1. The number of carbonyl (C=O) groups is 1. The van der Waals surface area contributed by atoms with E-state index in [1.165, 1.54) is 0 Å². The molecule has 0 radical (unpaired) electrons. The summed E-state index contributed by atoms with van der Waals surface area (Å²) >= 11 is 5.78. The van der Waals surface area contributed by atoms with E-state index in [0.29, 0.717) is 30.5 Å². The lowest BCUT2D eigenvalue weighted by molar-refractivity contribution is -0.130. The van der Waals surface area contributed by atoms with Crippen molar-refractivity contribution in [3.63, 3.8) is 0 Å². The van der Waals surface area contributed by atoms with Crippen molar-refractivity contribution in [1.29, 1.82) is 0 Å². The first-order valence-electron chi connectivity index (χ1n) is 6.11. The third-order valence-electron chi connectivity index (χ3n) is 2.52. The van der Waals surface area contributed by atoms with Gasteiger partial charge in [-0.3, -0.25) is 4.79 Å². The number of amides is 1. The molecule has 0 unspecified atom stereocenters. The number of hydrogen-bond acceptors (Lipinski definition) is 2. The predicted octanol–water partition coefficient (Wildman–Crippen LogP) is 3.22. The van der Waals surface area contributed by atoms with Crippen molar-refractivity contribution in [1.82, 2.24) is 4.90 Å². The van der Waals surface area contributed by atoms with Crippen molar-refractivity contribution in [2.75, 3.05) is 20.2 Å². The zero-order chi connectivity index (χ0) is 13.5. The normalized spacial score (nSPS) is 10.5. The van der Waals surface area contributed by atoms with Crippen LogP contribution in [0, 0.1) is 5.92 Å². The van der Waals surface area contributed by atoms with E-state index in [2.05, 4.69) is 0 Å². The SMILES string of the molecule is CC(C)CC(=O)N(C)CCOc1ccc(Cl)cc1. The minimum atomic E-state index is 0.157. The summed E-state index contributed by atoms with van der Waals surface area (Å²) in [5.74, 6) is 1.31. The second kappa shape index (κ2) is 7.27. The Labute approximate surface area is 114 Å². The van der Waals surface area contributed by atoms with Gasteiger partial charge >= 0.3 is 0 Å². The van der Waals surface area contributed by atoms with Crippen molar-refractivity contribution in [2.45, 2.75) is 20.3 Å². The molecule has 0 atom stereocenters. The fourth-order valence-corrected chi connectivity index (χ4v) is 1.59. The molecule has 0 aromatic heterocycles. The molecule has 100 valence electrons. The Bertz CT molecular complexity index is 376. The predicted molar refractivity (Wildman–Crippen MR) is 74.0 cm³/mol. The van der Waals surface area contributed by atoms with Gasteiger partial charge in [-0.25, -0.2) is 0 Å². The highest BCUT2D eigenvalue weighted by molar-refractivity contribution is 6.30. The number of hydrogen-bond donors (Lipinski definition) is 0. The van der Waals surface area contributed by atoms with E-state index in [-0.39, 0.29) is 5.91 Å². The number of nitrogens with zero attached hydrogens (tertiary/aromatic N) is 1. The van der Waals surface area contributed by atoms with E-state index in [0.717, 1.165) is 5.75 Å². The zero-order valence-corrected chi connectivity index (χ0v) is 11.9. The third-order valence-corrected chi connectivity index (χ3v) is 2.77. The van der Waals surface area contributed by atoms with Gasteiger partial charge in [0.2, 0.25) is 5.91 Å². The molecule has 0 bridgehead atoms. The summed E-state index contributed by atoms with van der Waals surface area (Å²) < 4.78 is 5.53. The lowest BCUT2D eigenvalue weighted by Gasteiger charge is -2.18. The molecule has 1 rings (SSSR count). The van der Waals surface area contributed by atoms with Gasteiger partial charge in [-0.1, -0.05) is 25.4 Å². The van der Waals surface area contributed by atoms with E-state index in [4.69, 9.17) is 16.3 Å². The number of ether oxygens (including phenoxy) is 1. The van der Waals surface area contributed by atoms with Crippen LogP contribution >= 0.6 is 11.6 Å². The average Bonchev–Trinajstić information content (AvgIpc) is 2.30. The molecule has 18 heavy (non-hydrogen) atoms. The Morgan fingerprint density at radius 2 is 1.94 bits per heavy atom. The van der Waals surface area contributed by atoms with Gasteiger partial charge in [-0.15, -0.1) is 0 Å². The van der Waals surface area contributed by atoms with E-state index in [1.54, 1.807) is 24.1 Å². The summed E-state index contributed by atoms with van der Waals surface area (Å²) in [6.45, 7) is 5.15. The van der Waals surface area contributed by atoms with Crippen LogP contribution in [0.2, 0.25) is 5.02 Å². The first-order valence-corrected chi connectivity index (χ1v) is 6.49. The van der Waals surface area contributed by atoms with E-state index in [1.807, 2.05) is 26.0 Å². The molecule has 3 nitrogen and oxygen atoms in total. The fourth-order valence-electron chi connectivity index (χ4n) is 1.46. The molecule has 0 aliphatic heterocycles. The number of carbonyl (C=O) groups excluding carboxylic acids is 1. The van der Waals surface area contributed by atoms with Gasteiger partial charge in [0.1, 0.15) is 12.4 Å². The fraction of sp³-hybridized carbons (Fsp3) is 0.500. The maximum absolute atomic E-state index is 11.7. The van der Waals surface area contributed by atoms with Crippen LogP contribution < -0.4 is 4.74 Å². The molecular formula is C14H20ClNO2. The van der Waals surface area contributed by atoms with Crippen LogP contribution in [0.5, 0.6) is 5.75 Å². The molecule has 0 aliphatic rings. The minimum absolute atomic E-state index is 0.157. The summed E-state index contributed by atoms with van der Waals surface area (Å²) in [7, 11) is 1.80. The molecule has 0 spiro atoms. The van der Waals surface area contributed by atoms with Crippen LogP contribution in [-0.4, -0.2) is 31.0 Å². The van der Waals surface area contributed by atoms with Crippen molar-refractivity contribution in [3.05, 3.63) is 29.3 Å². The Morgan fingerprint density at radius 3 is 2.50 bits per heavy atom. The maximum Gasteiger partial charge on any atom is 0.222 e. The second-order valence-electron chi connectivity index (χ2n) is 4.72. The highest BCUT2D eigenvalue weighted by atomic mass is 35.5. The Balaban J connectivity index is 2.28. The van der Waals surface area contributed by atoms with Gasteiger partial charge in [0.15, 0.2) is 0 Å². The summed E-state index contributed by atoms with van der Waals surface area (Å²) in [4.78, 5) is 13.4. The summed E-state index contributed by atoms with van der Waals surface area (Å²) in [6.07, 6.45) is 0.581. The second-order valence-corrected chi connectivity index (χ2v) is 5.15. The smallest absolute Gasteiger partial charge is 0.222 e. The van der Waals surface area contributed by atoms with Gasteiger partial charge in [0, 0.05) is 18.5 Å². The van der Waals surface area contributed by atoms with Crippen LogP contribution in [0.1, 0.15) is 20.3 Å². The number of benzene rings is 1. The minimum Gasteiger partial charge on any atom is -0.492 e. The van der Waals surface area contributed by atoms with E-state index >= 15 is 0 Å². The molecule has 0 aliphatic carbocycles. The molecule has 0 heterocycles.